The highest BCUT2D eigenvalue weighted by molar-refractivity contribution is 7.15. The smallest absolute Gasteiger partial charge is 0.257 e. The summed E-state index contributed by atoms with van der Waals surface area (Å²) in [5.41, 5.74) is 1.72. The van der Waals surface area contributed by atoms with Gasteiger partial charge in [0.25, 0.3) is 5.91 Å². The van der Waals surface area contributed by atoms with Crippen molar-refractivity contribution >= 4 is 22.4 Å². The zero-order valence-corrected chi connectivity index (χ0v) is 16.6. The van der Waals surface area contributed by atoms with Crippen LogP contribution in [0.2, 0.25) is 0 Å². The Morgan fingerprint density at radius 3 is 3.04 bits per heavy atom. The van der Waals surface area contributed by atoms with E-state index in [1.807, 2.05) is 12.1 Å². The van der Waals surface area contributed by atoms with Crippen molar-refractivity contribution in [2.75, 3.05) is 18.5 Å². The third-order valence-corrected chi connectivity index (χ3v) is 5.57. The highest BCUT2D eigenvalue weighted by atomic mass is 32.1. The monoisotopic (exact) mass is 373 g/mol. The van der Waals surface area contributed by atoms with Crippen molar-refractivity contribution in [2.24, 2.45) is 0 Å². The topological polar surface area (TPSA) is 54.5 Å². The second-order valence-corrected chi connectivity index (χ2v) is 7.97. The Hall–Kier alpha value is -1.92. The standard InChI is InChI=1S/C20H27N3O2S/c1-4-5-11-25-16-8-6-7-15(12-16)19(24)22-20-21-17-9-10-23(14(2)3)13-18(17)26-20/h6-8,12,14H,4-5,9-11,13H2,1-3H3,(H,21,22,24). The van der Waals surface area contributed by atoms with Crippen molar-refractivity contribution < 1.29 is 9.53 Å². The third kappa shape index (κ3) is 4.62. The zero-order chi connectivity index (χ0) is 18.5. The number of carbonyl (C=O) groups is 1. The minimum absolute atomic E-state index is 0.141. The van der Waals surface area contributed by atoms with Gasteiger partial charge >= 0.3 is 0 Å². The maximum absolute atomic E-state index is 12.6. The Kier molecular flexibility index (Phi) is 6.27. The lowest BCUT2D eigenvalue weighted by molar-refractivity contribution is 0.102. The normalized spacial score (nSPS) is 14.3. The molecule has 1 N–H and O–H groups in total. The summed E-state index contributed by atoms with van der Waals surface area (Å²) in [6.07, 6.45) is 3.04. The van der Waals surface area contributed by atoms with Gasteiger partial charge in [-0.3, -0.25) is 15.0 Å². The number of hydrogen-bond donors (Lipinski definition) is 1. The lowest BCUT2D eigenvalue weighted by Gasteiger charge is -2.29. The molecular weight excluding hydrogens is 346 g/mol. The maximum Gasteiger partial charge on any atom is 0.257 e. The summed E-state index contributed by atoms with van der Waals surface area (Å²) in [7, 11) is 0. The van der Waals surface area contributed by atoms with Gasteiger partial charge in [0, 0.05) is 36.0 Å². The Morgan fingerprint density at radius 2 is 2.27 bits per heavy atom. The van der Waals surface area contributed by atoms with E-state index >= 15 is 0 Å². The molecule has 1 aliphatic heterocycles. The second kappa shape index (κ2) is 8.64. The second-order valence-electron chi connectivity index (χ2n) is 6.89. The first kappa shape index (κ1) is 18.9. The number of hydrogen-bond acceptors (Lipinski definition) is 5. The van der Waals surface area contributed by atoms with Crippen LogP contribution >= 0.6 is 11.3 Å². The van der Waals surface area contributed by atoms with Gasteiger partial charge in [0.15, 0.2) is 5.13 Å². The number of rotatable bonds is 7. The molecule has 0 saturated heterocycles. The van der Waals surface area contributed by atoms with Gasteiger partial charge in [-0.05, 0) is 38.5 Å². The number of anilines is 1. The molecule has 2 heterocycles. The highest BCUT2D eigenvalue weighted by Crippen LogP contribution is 2.29. The van der Waals surface area contributed by atoms with E-state index in [9.17, 15) is 4.79 Å². The van der Waals surface area contributed by atoms with E-state index < -0.39 is 0 Å². The maximum atomic E-state index is 12.6. The molecule has 0 saturated carbocycles. The van der Waals surface area contributed by atoms with E-state index in [2.05, 4.69) is 36.0 Å². The van der Waals surface area contributed by atoms with Crippen LogP contribution in [0.4, 0.5) is 5.13 Å². The molecule has 26 heavy (non-hydrogen) atoms. The fourth-order valence-electron chi connectivity index (χ4n) is 2.94. The van der Waals surface area contributed by atoms with Gasteiger partial charge in [0.2, 0.25) is 0 Å². The van der Waals surface area contributed by atoms with Crippen LogP contribution < -0.4 is 10.1 Å². The largest absolute Gasteiger partial charge is 0.494 e. The van der Waals surface area contributed by atoms with E-state index in [1.54, 1.807) is 23.5 Å². The molecule has 0 atom stereocenters. The summed E-state index contributed by atoms with van der Waals surface area (Å²) in [5.74, 6) is 0.592. The predicted molar refractivity (Wildman–Crippen MR) is 106 cm³/mol. The number of fused-ring (bicyclic) bond motifs is 1. The van der Waals surface area contributed by atoms with Crippen LogP contribution in [-0.4, -0.2) is 35.0 Å². The molecular formula is C20H27N3O2S. The molecule has 1 aromatic heterocycles. The van der Waals surface area contributed by atoms with E-state index in [0.717, 1.165) is 43.8 Å². The molecule has 2 aromatic rings. The highest BCUT2D eigenvalue weighted by Gasteiger charge is 2.23. The number of ether oxygens (including phenoxy) is 1. The van der Waals surface area contributed by atoms with Crippen molar-refractivity contribution in [3.8, 4) is 5.75 Å². The van der Waals surface area contributed by atoms with Crippen molar-refractivity contribution in [3.05, 3.63) is 40.4 Å². The van der Waals surface area contributed by atoms with Gasteiger partial charge in [0.1, 0.15) is 5.75 Å². The number of unbranched alkanes of at least 4 members (excludes halogenated alkanes) is 1. The van der Waals surface area contributed by atoms with Crippen LogP contribution in [0.5, 0.6) is 5.75 Å². The molecule has 0 bridgehead atoms. The fraction of sp³-hybridized carbons (Fsp3) is 0.500. The first-order chi connectivity index (χ1) is 12.6. The molecule has 0 fully saturated rings. The number of nitrogens with zero attached hydrogens (tertiary/aromatic N) is 2. The quantitative estimate of drug-likeness (QED) is 0.734. The van der Waals surface area contributed by atoms with Crippen molar-refractivity contribution in [2.45, 2.75) is 52.6 Å². The van der Waals surface area contributed by atoms with Crippen LogP contribution in [-0.2, 0) is 13.0 Å². The lowest BCUT2D eigenvalue weighted by Crippen LogP contribution is -2.35. The number of benzene rings is 1. The summed E-state index contributed by atoms with van der Waals surface area (Å²) in [6, 6.07) is 7.85. The number of carbonyl (C=O) groups excluding carboxylic acids is 1. The van der Waals surface area contributed by atoms with E-state index in [4.69, 9.17) is 4.74 Å². The first-order valence-corrected chi connectivity index (χ1v) is 10.1. The van der Waals surface area contributed by atoms with Gasteiger partial charge in [-0.15, -0.1) is 11.3 Å². The molecule has 1 amide bonds. The summed E-state index contributed by atoms with van der Waals surface area (Å²) >= 11 is 1.58. The SMILES string of the molecule is CCCCOc1cccc(C(=O)Nc2nc3c(s2)CN(C(C)C)CC3)c1. The molecule has 5 nitrogen and oxygen atoms in total. The fourth-order valence-corrected chi connectivity index (χ4v) is 3.97. The minimum Gasteiger partial charge on any atom is -0.494 e. The number of thiazole rings is 1. The molecule has 140 valence electrons. The minimum atomic E-state index is -0.141. The molecule has 1 aliphatic rings. The van der Waals surface area contributed by atoms with Gasteiger partial charge in [-0.2, -0.15) is 0 Å². The van der Waals surface area contributed by atoms with E-state index in [-0.39, 0.29) is 5.91 Å². The summed E-state index contributed by atoms with van der Waals surface area (Å²) in [6.45, 7) is 9.17. The van der Waals surface area contributed by atoms with Crippen molar-refractivity contribution in [1.82, 2.24) is 9.88 Å². The van der Waals surface area contributed by atoms with Gasteiger partial charge in [-0.1, -0.05) is 19.4 Å². The van der Waals surface area contributed by atoms with Crippen LogP contribution in [0.1, 0.15) is 54.5 Å². The van der Waals surface area contributed by atoms with Crippen molar-refractivity contribution in [3.63, 3.8) is 0 Å². The first-order valence-electron chi connectivity index (χ1n) is 9.33. The average molecular weight is 374 g/mol. The van der Waals surface area contributed by atoms with Gasteiger partial charge in [0.05, 0.1) is 12.3 Å². The Labute approximate surface area is 159 Å². The lowest BCUT2D eigenvalue weighted by atomic mass is 10.1. The van der Waals surface area contributed by atoms with Crippen LogP contribution in [0.25, 0.3) is 0 Å². The summed E-state index contributed by atoms with van der Waals surface area (Å²) in [5, 5.41) is 3.63. The zero-order valence-electron chi connectivity index (χ0n) is 15.7. The van der Waals surface area contributed by atoms with E-state index in [1.165, 1.54) is 4.88 Å². The number of amides is 1. The molecule has 0 aliphatic carbocycles. The van der Waals surface area contributed by atoms with E-state index in [0.29, 0.717) is 23.3 Å². The molecule has 1 aromatic carbocycles. The Morgan fingerprint density at radius 1 is 1.42 bits per heavy atom. The van der Waals surface area contributed by atoms with Gasteiger partial charge < -0.3 is 4.74 Å². The molecule has 0 radical (unpaired) electrons. The van der Waals surface area contributed by atoms with Crippen LogP contribution in [0.3, 0.4) is 0 Å². The number of aromatic nitrogens is 1. The van der Waals surface area contributed by atoms with Crippen LogP contribution in [0.15, 0.2) is 24.3 Å². The third-order valence-electron chi connectivity index (χ3n) is 4.57. The summed E-state index contributed by atoms with van der Waals surface area (Å²) in [4.78, 5) is 20.9. The van der Waals surface area contributed by atoms with Gasteiger partial charge in [-0.25, -0.2) is 4.98 Å². The molecule has 6 heteroatoms. The number of nitrogens with one attached hydrogen (secondary N) is 1. The average Bonchev–Trinajstić information content (AvgIpc) is 3.03. The predicted octanol–water partition coefficient (Wildman–Crippen LogP) is 4.34. The summed E-state index contributed by atoms with van der Waals surface area (Å²) < 4.78 is 5.69. The molecule has 0 unspecified atom stereocenters. The Balaban J connectivity index is 1.65. The molecule has 0 spiro atoms. The molecule has 3 rings (SSSR count). The Bertz CT molecular complexity index is 757. The van der Waals surface area contributed by atoms with Crippen molar-refractivity contribution in [1.29, 1.82) is 0 Å². The van der Waals surface area contributed by atoms with Crippen LogP contribution in [0, 0.1) is 0 Å².